The first kappa shape index (κ1) is 16.4. The summed E-state index contributed by atoms with van der Waals surface area (Å²) in [6, 6.07) is 1.15. The topological polar surface area (TPSA) is 69.8 Å². The van der Waals surface area contributed by atoms with E-state index in [1.54, 1.807) is 0 Å². The van der Waals surface area contributed by atoms with Gasteiger partial charge in [-0.2, -0.15) is 0 Å². The Kier molecular flexibility index (Phi) is 4.80. The molecule has 122 valence electrons. The molecule has 8 heteroatoms. The fourth-order valence-corrected chi connectivity index (χ4v) is 2.62. The van der Waals surface area contributed by atoms with Crippen LogP contribution in [-0.4, -0.2) is 55.0 Å². The highest BCUT2D eigenvalue weighted by atomic mass is 19.1. The Balaban J connectivity index is 2.23. The van der Waals surface area contributed by atoms with Crippen molar-refractivity contribution in [1.82, 2.24) is 4.90 Å². The highest BCUT2D eigenvalue weighted by Crippen LogP contribution is 2.29. The van der Waals surface area contributed by atoms with Gasteiger partial charge in [0.2, 0.25) is 0 Å². The Morgan fingerprint density at radius 3 is 2.68 bits per heavy atom. The number of rotatable bonds is 4. The monoisotopic (exact) mass is 317 g/mol. The van der Waals surface area contributed by atoms with E-state index in [-0.39, 0.29) is 37.3 Å². The normalized spacial score (nSPS) is 21.2. The Morgan fingerprint density at radius 1 is 1.41 bits per heavy atom. The van der Waals surface area contributed by atoms with Gasteiger partial charge in [0.15, 0.2) is 0 Å². The SMILES string of the molecule is CN(C(=O)O)C1CN(c2cc(F)c(CCN)cc2F)CC1F. The molecule has 1 heterocycles. The van der Waals surface area contributed by atoms with Crippen LogP contribution in [0, 0.1) is 11.6 Å². The number of likely N-dealkylation sites (N-methyl/N-ethyl adjacent to an activating group) is 1. The number of halogens is 3. The average molecular weight is 317 g/mol. The van der Waals surface area contributed by atoms with Gasteiger partial charge in [0.05, 0.1) is 18.3 Å². The van der Waals surface area contributed by atoms with E-state index in [1.807, 2.05) is 0 Å². The molecule has 0 saturated carbocycles. The van der Waals surface area contributed by atoms with E-state index >= 15 is 0 Å². The fourth-order valence-electron chi connectivity index (χ4n) is 2.62. The van der Waals surface area contributed by atoms with Gasteiger partial charge in [-0.25, -0.2) is 18.0 Å². The van der Waals surface area contributed by atoms with Gasteiger partial charge in [-0.05, 0) is 24.6 Å². The number of carbonyl (C=O) groups is 1. The largest absolute Gasteiger partial charge is 0.465 e. The van der Waals surface area contributed by atoms with Crippen molar-refractivity contribution in [3.05, 3.63) is 29.3 Å². The zero-order valence-electron chi connectivity index (χ0n) is 12.1. The van der Waals surface area contributed by atoms with E-state index in [0.717, 1.165) is 17.0 Å². The Hall–Kier alpha value is -1.96. The molecule has 0 aromatic heterocycles. The zero-order valence-corrected chi connectivity index (χ0v) is 12.1. The molecule has 2 unspecified atom stereocenters. The second-order valence-electron chi connectivity index (χ2n) is 5.32. The lowest BCUT2D eigenvalue weighted by molar-refractivity contribution is 0.122. The van der Waals surface area contributed by atoms with E-state index in [9.17, 15) is 18.0 Å². The van der Waals surface area contributed by atoms with Gasteiger partial charge in [0, 0.05) is 19.7 Å². The van der Waals surface area contributed by atoms with Crippen LogP contribution in [0.3, 0.4) is 0 Å². The molecule has 2 atom stereocenters. The summed E-state index contributed by atoms with van der Waals surface area (Å²) in [4.78, 5) is 13.1. The predicted octanol–water partition coefficient (Wildman–Crippen LogP) is 1.60. The van der Waals surface area contributed by atoms with Gasteiger partial charge in [-0.3, -0.25) is 0 Å². The van der Waals surface area contributed by atoms with Gasteiger partial charge in [0.1, 0.15) is 17.8 Å². The Labute approximate surface area is 126 Å². The minimum atomic E-state index is -1.47. The van der Waals surface area contributed by atoms with E-state index in [1.165, 1.54) is 11.9 Å². The molecule has 1 aromatic carbocycles. The molecule has 0 aliphatic carbocycles. The van der Waals surface area contributed by atoms with E-state index in [4.69, 9.17) is 10.8 Å². The molecule has 1 amide bonds. The minimum absolute atomic E-state index is 0.0312. The summed E-state index contributed by atoms with van der Waals surface area (Å²) in [7, 11) is 1.25. The van der Waals surface area contributed by atoms with Crippen LogP contribution in [0.4, 0.5) is 23.7 Å². The molecule has 1 saturated heterocycles. The highest BCUT2D eigenvalue weighted by Gasteiger charge is 2.38. The van der Waals surface area contributed by atoms with Crippen molar-refractivity contribution >= 4 is 11.8 Å². The van der Waals surface area contributed by atoms with E-state index in [0.29, 0.717) is 0 Å². The summed E-state index contributed by atoms with van der Waals surface area (Å²) in [5.41, 5.74) is 5.43. The molecule has 3 N–H and O–H groups in total. The second-order valence-corrected chi connectivity index (χ2v) is 5.32. The summed E-state index contributed by atoms with van der Waals surface area (Å²) in [5.74, 6) is -1.28. The molecule has 1 fully saturated rings. The predicted molar refractivity (Wildman–Crippen MR) is 75.8 cm³/mol. The molecule has 1 aromatic rings. The third kappa shape index (κ3) is 3.11. The van der Waals surface area contributed by atoms with Gasteiger partial charge >= 0.3 is 6.09 Å². The average Bonchev–Trinajstić information content (AvgIpc) is 2.83. The maximum atomic E-state index is 14.1. The number of hydrogen-bond donors (Lipinski definition) is 2. The number of anilines is 1. The van der Waals surface area contributed by atoms with Crippen LogP contribution in [0.15, 0.2) is 12.1 Å². The van der Waals surface area contributed by atoms with Crippen molar-refractivity contribution in [3.8, 4) is 0 Å². The number of carboxylic acid groups (broad SMARTS) is 1. The highest BCUT2D eigenvalue weighted by molar-refractivity contribution is 5.65. The van der Waals surface area contributed by atoms with Crippen LogP contribution in [0.25, 0.3) is 0 Å². The molecule has 0 spiro atoms. The Bertz CT molecular complexity index is 571. The first-order chi connectivity index (χ1) is 10.3. The van der Waals surface area contributed by atoms with Crippen LogP contribution < -0.4 is 10.6 Å². The van der Waals surface area contributed by atoms with Crippen LogP contribution in [0.2, 0.25) is 0 Å². The van der Waals surface area contributed by atoms with E-state index < -0.39 is 29.9 Å². The van der Waals surface area contributed by atoms with Crippen molar-refractivity contribution in [2.45, 2.75) is 18.6 Å². The van der Waals surface area contributed by atoms with Gasteiger partial charge in [-0.15, -0.1) is 0 Å². The van der Waals surface area contributed by atoms with Crippen molar-refractivity contribution in [3.63, 3.8) is 0 Å². The molecule has 1 aliphatic rings. The standard InChI is InChI=1S/C14H18F3N3O2/c1-19(14(21)22)13-7-20(6-11(13)17)12-5-9(15)8(2-3-18)4-10(12)16/h4-5,11,13H,2-3,6-7,18H2,1H3,(H,21,22). The number of nitrogens with two attached hydrogens (primary N) is 1. The summed E-state index contributed by atoms with van der Waals surface area (Å²) in [6.45, 7) is -0.0249. The van der Waals surface area contributed by atoms with Crippen molar-refractivity contribution in [2.75, 3.05) is 31.6 Å². The van der Waals surface area contributed by atoms with E-state index in [2.05, 4.69) is 0 Å². The smallest absolute Gasteiger partial charge is 0.407 e. The van der Waals surface area contributed by atoms with Crippen LogP contribution in [-0.2, 0) is 6.42 Å². The fraction of sp³-hybridized carbons (Fsp3) is 0.500. The number of amides is 1. The third-order valence-electron chi connectivity index (χ3n) is 3.89. The number of hydrogen-bond acceptors (Lipinski definition) is 3. The van der Waals surface area contributed by atoms with Crippen molar-refractivity contribution in [2.24, 2.45) is 5.73 Å². The lowest BCUT2D eigenvalue weighted by atomic mass is 10.1. The molecule has 2 rings (SSSR count). The molecular weight excluding hydrogens is 299 g/mol. The first-order valence-electron chi connectivity index (χ1n) is 6.88. The van der Waals surface area contributed by atoms with Crippen LogP contribution >= 0.6 is 0 Å². The number of alkyl halides is 1. The first-order valence-corrected chi connectivity index (χ1v) is 6.88. The van der Waals surface area contributed by atoms with Gasteiger partial charge in [0.25, 0.3) is 0 Å². The zero-order chi connectivity index (χ0) is 16.4. The number of nitrogens with zero attached hydrogens (tertiary/aromatic N) is 2. The molecule has 0 bridgehead atoms. The lowest BCUT2D eigenvalue weighted by Gasteiger charge is -2.23. The maximum Gasteiger partial charge on any atom is 0.407 e. The summed E-state index contributed by atoms with van der Waals surface area (Å²) < 4.78 is 42.0. The summed E-state index contributed by atoms with van der Waals surface area (Å²) in [6.07, 6.45) is -2.52. The molecule has 5 nitrogen and oxygen atoms in total. The minimum Gasteiger partial charge on any atom is -0.465 e. The Morgan fingerprint density at radius 2 is 2.09 bits per heavy atom. The molecule has 0 radical (unpaired) electrons. The van der Waals surface area contributed by atoms with Gasteiger partial charge < -0.3 is 20.6 Å². The lowest BCUT2D eigenvalue weighted by Crippen LogP contribution is -2.42. The summed E-state index contributed by atoms with van der Waals surface area (Å²) in [5, 5.41) is 8.91. The van der Waals surface area contributed by atoms with Crippen molar-refractivity contribution < 1.29 is 23.1 Å². The maximum absolute atomic E-state index is 14.1. The molecule has 1 aliphatic heterocycles. The molecule has 22 heavy (non-hydrogen) atoms. The third-order valence-corrected chi connectivity index (χ3v) is 3.89. The second kappa shape index (κ2) is 6.43. The van der Waals surface area contributed by atoms with Crippen LogP contribution in [0.1, 0.15) is 5.56 Å². The van der Waals surface area contributed by atoms with Crippen molar-refractivity contribution in [1.29, 1.82) is 0 Å². The van der Waals surface area contributed by atoms with Crippen LogP contribution in [0.5, 0.6) is 0 Å². The van der Waals surface area contributed by atoms with Gasteiger partial charge in [-0.1, -0.05) is 0 Å². The quantitative estimate of drug-likeness (QED) is 0.885. The molecular formula is C14H18F3N3O2. The number of benzene rings is 1. The summed E-state index contributed by atoms with van der Waals surface area (Å²) >= 11 is 0.